The summed E-state index contributed by atoms with van der Waals surface area (Å²) in [4.78, 5) is 13.8. The predicted octanol–water partition coefficient (Wildman–Crippen LogP) is 5.42. The molecule has 0 bridgehead atoms. The lowest BCUT2D eigenvalue weighted by Gasteiger charge is -2.28. The second kappa shape index (κ2) is 7.89. The molecule has 29 heavy (non-hydrogen) atoms. The minimum absolute atomic E-state index is 0.449. The van der Waals surface area contributed by atoms with Crippen molar-refractivity contribution < 1.29 is 13.2 Å². The maximum absolute atomic E-state index is 12.8. The molecule has 0 fully saturated rings. The van der Waals surface area contributed by atoms with E-state index in [1.165, 1.54) is 6.20 Å². The predicted molar refractivity (Wildman–Crippen MR) is 105 cm³/mol. The van der Waals surface area contributed by atoms with Crippen molar-refractivity contribution in [1.29, 1.82) is 0 Å². The Kier molecular flexibility index (Phi) is 5.46. The van der Waals surface area contributed by atoms with Gasteiger partial charge in [0.05, 0.1) is 21.4 Å². The van der Waals surface area contributed by atoms with E-state index >= 15 is 0 Å². The molecule has 0 saturated heterocycles. The number of rotatable bonds is 3. The molecule has 1 aromatic carbocycles. The van der Waals surface area contributed by atoms with Crippen molar-refractivity contribution >= 4 is 23.2 Å². The second-order valence-corrected chi connectivity index (χ2v) is 7.56. The fourth-order valence-electron chi connectivity index (χ4n) is 3.28. The maximum atomic E-state index is 12.8. The van der Waals surface area contributed by atoms with Gasteiger partial charge in [-0.1, -0.05) is 41.4 Å². The zero-order chi connectivity index (χ0) is 20.6. The van der Waals surface area contributed by atoms with Crippen molar-refractivity contribution in [3.63, 3.8) is 0 Å². The molecule has 4 nitrogen and oxygen atoms in total. The highest BCUT2D eigenvalue weighted by molar-refractivity contribution is 6.43. The van der Waals surface area contributed by atoms with E-state index in [1.54, 1.807) is 12.3 Å². The summed E-state index contributed by atoms with van der Waals surface area (Å²) >= 11 is 12.3. The number of halogens is 5. The maximum Gasteiger partial charge on any atom is 0.451 e. The average molecular weight is 439 g/mol. The summed E-state index contributed by atoms with van der Waals surface area (Å²) in [7, 11) is 0. The summed E-state index contributed by atoms with van der Waals surface area (Å²) in [6.45, 7) is 1.73. The summed E-state index contributed by atoms with van der Waals surface area (Å²) in [6, 6.07) is 9.22. The molecule has 150 valence electrons. The monoisotopic (exact) mass is 438 g/mol. The minimum atomic E-state index is -4.52. The van der Waals surface area contributed by atoms with E-state index < -0.39 is 12.0 Å². The van der Waals surface area contributed by atoms with Crippen LogP contribution in [0, 0.1) is 0 Å². The third-order valence-corrected chi connectivity index (χ3v) is 5.54. The Bertz CT molecular complexity index is 1040. The molecule has 0 unspecified atom stereocenters. The Morgan fingerprint density at radius 2 is 1.86 bits per heavy atom. The zero-order valence-corrected chi connectivity index (χ0v) is 16.6. The van der Waals surface area contributed by atoms with Gasteiger partial charge in [-0.25, -0.2) is 9.97 Å². The second-order valence-electron chi connectivity index (χ2n) is 6.78. The molecule has 0 spiro atoms. The number of alkyl halides is 3. The minimum Gasteiger partial charge on any atom is -0.294 e. The van der Waals surface area contributed by atoms with Crippen LogP contribution >= 0.6 is 23.2 Å². The van der Waals surface area contributed by atoms with Crippen molar-refractivity contribution in [3.05, 3.63) is 75.4 Å². The highest BCUT2D eigenvalue weighted by atomic mass is 35.5. The molecule has 3 aromatic rings. The summed E-state index contributed by atoms with van der Waals surface area (Å²) < 4.78 is 38.3. The molecule has 1 aliphatic rings. The van der Waals surface area contributed by atoms with Gasteiger partial charge >= 0.3 is 6.18 Å². The Labute approximate surface area is 175 Å². The van der Waals surface area contributed by atoms with Gasteiger partial charge in [0, 0.05) is 49.6 Å². The third-order valence-electron chi connectivity index (χ3n) is 4.72. The Morgan fingerprint density at radius 3 is 2.59 bits per heavy atom. The number of nitrogens with zero attached hydrogens (tertiary/aromatic N) is 4. The lowest BCUT2D eigenvalue weighted by molar-refractivity contribution is -0.145. The molecule has 0 aliphatic carbocycles. The molecule has 0 radical (unpaired) electrons. The van der Waals surface area contributed by atoms with E-state index in [1.807, 2.05) is 24.3 Å². The van der Waals surface area contributed by atoms with Crippen molar-refractivity contribution in [2.24, 2.45) is 0 Å². The summed E-state index contributed by atoms with van der Waals surface area (Å²) in [6.07, 6.45) is -1.03. The molecule has 2 aromatic heterocycles. The van der Waals surface area contributed by atoms with Gasteiger partial charge < -0.3 is 0 Å². The molecule has 3 heterocycles. The number of aromatic nitrogens is 3. The van der Waals surface area contributed by atoms with E-state index in [-0.39, 0.29) is 0 Å². The van der Waals surface area contributed by atoms with Gasteiger partial charge in [-0.15, -0.1) is 0 Å². The largest absolute Gasteiger partial charge is 0.451 e. The fraction of sp³-hybridized carbons (Fsp3) is 0.250. The summed E-state index contributed by atoms with van der Waals surface area (Å²) in [5.74, 6) is -1.08. The smallest absolute Gasteiger partial charge is 0.294 e. The van der Waals surface area contributed by atoms with Crippen LogP contribution in [0.2, 0.25) is 10.0 Å². The van der Waals surface area contributed by atoms with E-state index in [9.17, 15) is 13.2 Å². The third kappa shape index (κ3) is 4.37. The molecule has 0 atom stereocenters. The molecule has 4 rings (SSSR count). The first-order chi connectivity index (χ1) is 13.8. The van der Waals surface area contributed by atoms with Crippen LogP contribution in [0.25, 0.3) is 11.3 Å². The SMILES string of the molecule is FC(F)(F)c1ncc2c(n1)CCN(Cc1ccc(-c3cccc(Cl)c3Cl)nc1)C2. The molecule has 0 amide bonds. The topological polar surface area (TPSA) is 41.9 Å². The van der Waals surface area contributed by atoms with E-state index in [4.69, 9.17) is 23.2 Å². The Morgan fingerprint density at radius 1 is 1.03 bits per heavy atom. The number of hydrogen-bond donors (Lipinski definition) is 0. The van der Waals surface area contributed by atoms with Crippen LogP contribution in [0.1, 0.15) is 22.6 Å². The number of fused-ring (bicyclic) bond motifs is 1. The molecular weight excluding hydrogens is 424 g/mol. The van der Waals surface area contributed by atoms with Crippen LogP contribution in [0.3, 0.4) is 0 Å². The van der Waals surface area contributed by atoms with Crippen LogP contribution in [-0.2, 0) is 25.7 Å². The first-order valence-corrected chi connectivity index (χ1v) is 9.60. The molecular formula is C20H15Cl2F3N4. The van der Waals surface area contributed by atoms with Crippen molar-refractivity contribution in [1.82, 2.24) is 19.9 Å². The quantitative estimate of drug-likeness (QED) is 0.547. The lowest BCUT2D eigenvalue weighted by atomic mass is 10.1. The van der Waals surface area contributed by atoms with Gasteiger partial charge in [0.15, 0.2) is 0 Å². The Hall–Kier alpha value is -2.22. The highest BCUT2D eigenvalue weighted by Gasteiger charge is 2.35. The van der Waals surface area contributed by atoms with Gasteiger partial charge in [-0.2, -0.15) is 13.2 Å². The number of benzene rings is 1. The highest BCUT2D eigenvalue weighted by Crippen LogP contribution is 2.32. The van der Waals surface area contributed by atoms with Crippen LogP contribution < -0.4 is 0 Å². The van der Waals surface area contributed by atoms with Gasteiger partial charge in [0.1, 0.15) is 0 Å². The van der Waals surface area contributed by atoms with Gasteiger partial charge in [-0.3, -0.25) is 9.88 Å². The van der Waals surface area contributed by atoms with Crippen LogP contribution in [0.4, 0.5) is 13.2 Å². The Balaban J connectivity index is 1.46. The summed E-state index contributed by atoms with van der Waals surface area (Å²) in [5, 5.41) is 0.929. The van der Waals surface area contributed by atoms with E-state index in [0.717, 1.165) is 22.4 Å². The van der Waals surface area contributed by atoms with Crippen molar-refractivity contribution in [2.75, 3.05) is 6.54 Å². The number of pyridine rings is 1. The lowest BCUT2D eigenvalue weighted by Crippen LogP contribution is -2.31. The molecule has 9 heteroatoms. The van der Waals surface area contributed by atoms with E-state index in [0.29, 0.717) is 41.8 Å². The zero-order valence-electron chi connectivity index (χ0n) is 15.0. The fourth-order valence-corrected chi connectivity index (χ4v) is 3.68. The van der Waals surface area contributed by atoms with Crippen molar-refractivity contribution in [3.8, 4) is 11.3 Å². The van der Waals surface area contributed by atoms with Gasteiger partial charge in [0.25, 0.3) is 0 Å². The van der Waals surface area contributed by atoms with Crippen molar-refractivity contribution in [2.45, 2.75) is 25.7 Å². The average Bonchev–Trinajstić information content (AvgIpc) is 2.70. The first kappa shape index (κ1) is 20.1. The normalized spacial score (nSPS) is 14.7. The standard InChI is InChI=1S/C20H15Cl2F3N4/c21-15-3-1-2-14(18(15)22)17-5-4-12(8-26-17)10-29-7-6-16-13(11-29)9-27-19(28-16)20(23,24)25/h1-5,8-9H,6-7,10-11H2. The van der Waals surface area contributed by atoms with E-state index in [2.05, 4.69) is 19.9 Å². The van der Waals surface area contributed by atoms with Gasteiger partial charge in [-0.05, 0) is 17.7 Å². The summed E-state index contributed by atoms with van der Waals surface area (Å²) in [5.41, 5.74) is 3.66. The van der Waals surface area contributed by atoms with Gasteiger partial charge in [0.2, 0.25) is 5.82 Å². The molecule has 0 N–H and O–H groups in total. The molecule has 0 saturated carbocycles. The van der Waals surface area contributed by atoms with Crippen LogP contribution in [0.5, 0.6) is 0 Å². The number of hydrogen-bond acceptors (Lipinski definition) is 4. The molecule has 1 aliphatic heterocycles. The first-order valence-electron chi connectivity index (χ1n) is 8.85. The van der Waals surface area contributed by atoms with Crippen LogP contribution in [-0.4, -0.2) is 26.4 Å². The van der Waals surface area contributed by atoms with Crippen LogP contribution in [0.15, 0.2) is 42.7 Å².